The first kappa shape index (κ1) is 31.7. The van der Waals surface area contributed by atoms with Gasteiger partial charge >= 0.3 is 6.18 Å². The van der Waals surface area contributed by atoms with Crippen molar-refractivity contribution in [3.05, 3.63) is 71.3 Å². The maximum Gasteiger partial charge on any atom is 0.416 e. The van der Waals surface area contributed by atoms with E-state index in [1.165, 1.54) is 49.8 Å². The molecule has 10 nitrogen and oxygen atoms in total. The lowest BCUT2D eigenvalue weighted by Crippen LogP contribution is -2.46. The number of sulfonamides is 1. The summed E-state index contributed by atoms with van der Waals surface area (Å²) in [6.07, 6.45) is -0.105. The van der Waals surface area contributed by atoms with Crippen molar-refractivity contribution in [1.29, 1.82) is 0 Å². The van der Waals surface area contributed by atoms with Gasteiger partial charge in [0.25, 0.3) is 16.5 Å². The predicted octanol–water partition coefficient (Wildman–Crippen LogP) is 4.65. The van der Waals surface area contributed by atoms with E-state index < -0.39 is 21.8 Å². The van der Waals surface area contributed by atoms with Gasteiger partial charge in [0.05, 0.1) is 11.3 Å². The molecule has 3 aromatic rings. The molecule has 0 saturated heterocycles. The number of ether oxygens (including phenoxy) is 1. The van der Waals surface area contributed by atoms with E-state index in [0.717, 1.165) is 0 Å². The number of hydrogen-bond acceptors (Lipinski definition) is 8. The van der Waals surface area contributed by atoms with Crippen molar-refractivity contribution >= 4 is 22.3 Å². The first-order valence-corrected chi connectivity index (χ1v) is 14.1. The quantitative estimate of drug-likeness (QED) is 0.374. The number of nitrogens with one attached hydrogen (secondary N) is 1. The van der Waals surface area contributed by atoms with Crippen LogP contribution in [0.15, 0.2) is 53.8 Å². The molecule has 2 aromatic heterocycles. The summed E-state index contributed by atoms with van der Waals surface area (Å²) in [6.45, 7) is 2.80. The Morgan fingerprint density at radius 2 is 1.83 bits per heavy atom. The monoisotopic (exact) mass is 595 g/mol. The Bertz CT molecular complexity index is 1440. The number of rotatable bonds is 7. The Labute approximate surface area is 236 Å². The van der Waals surface area contributed by atoms with Crippen molar-refractivity contribution < 1.29 is 36.2 Å². The molecule has 41 heavy (non-hydrogen) atoms. The van der Waals surface area contributed by atoms with Gasteiger partial charge in [-0.25, -0.2) is 23.4 Å². The van der Waals surface area contributed by atoms with Gasteiger partial charge in [0.1, 0.15) is 23.1 Å². The van der Waals surface area contributed by atoms with Gasteiger partial charge in [-0.15, -0.1) is 0 Å². The van der Waals surface area contributed by atoms with Crippen LogP contribution in [0.3, 0.4) is 0 Å². The average Bonchev–Trinajstić information content (AvgIpc) is 2.89. The maximum absolute atomic E-state index is 13.5. The van der Waals surface area contributed by atoms with E-state index in [1.807, 2.05) is 19.0 Å². The Hall–Kier alpha value is -3.78. The summed E-state index contributed by atoms with van der Waals surface area (Å²) in [5.74, 6) is 0.383. The second-order valence-corrected chi connectivity index (χ2v) is 11.5. The van der Waals surface area contributed by atoms with E-state index in [1.54, 1.807) is 13.0 Å². The summed E-state index contributed by atoms with van der Waals surface area (Å²) < 4.78 is 74.6. The number of nitrogens with zero attached hydrogens (tertiary/aromatic N) is 4. The zero-order valence-corrected chi connectivity index (χ0v) is 23.8. The van der Waals surface area contributed by atoms with Crippen LogP contribution in [-0.2, 0) is 21.0 Å². The third-order valence-electron chi connectivity index (χ3n) is 6.85. The fraction of sp³-hybridized carbons (Fsp3) is 0.407. The minimum Gasteiger partial charge on any atom is -0.483 e. The molecular weight excluding hydrogens is 563 g/mol. The summed E-state index contributed by atoms with van der Waals surface area (Å²) in [7, 11) is -0.101. The van der Waals surface area contributed by atoms with Crippen LogP contribution < -0.4 is 9.46 Å². The molecule has 3 atom stereocenters. The van der Waals surface area contributed by atoms with Gasteiger partial charge in [0.2, 0.25) is 5.88 Å². The first-order chi connectivity index (χ1) is 19.3. The average molecular weight is 596 g/mol. The number of hydrogen-bond donors (Lipinski definition) is 2. The van der Waals surface area contributed by atoms with Gasteiger partial charge in [0.15, 0.2) is 0 Å². The Morgan fingerprint density at radius 3 is 2.41 bits per heavy atom. The summed E-state index contributed by atoms with van der Waals surface area (Å²) in [4.78, 5) is 22.4. The lowest BCUT2D eigenvalue weighted by Gasteiger charge is -2.39. The molecule has 0 radical (unpaired) electrons. The zero-order valence-electron chi connectivity index (χ0n) is 23.0. The Balaban J connectivity index is 0.00000147. The van der Waals surface area contributed by atoms with Gasteiger partial charge in [-0.3, -0.25) is 9.52 Å². The molecule has 0 unspecified atom stereocenters. The van der Waals surface area contributed by atoms with E-state index >= 15 is 0 Å². The van der Waals surface area contributed by atoms with Crippen LogP contribution >= 0.6 is 0 Å². The van der Waals surface area contributed by atoms with Crippen molar-refractivity contribution in [3.63, 3.8) is 0 Å². The molecule has 14 heteroatoms. The number of likely N-dealkylation sites (N-methyl/N-ethyl adjacent to an activating group) is 1. The maximum atomic E-state index is 13.5. The summed E-state index contributed by atoms with van der Waals surface area (Å²) in [5, 5.41) is 6.89. The van der Waals surface area contributed by atoms with E-state index in [4.69, 9.17) is 14.6 Å². The highest BCUT2D eigenvalue weighted by atomic mass is 32.2. The summed E-state index contributed by atoms with van der Waals surface area (Å²) in [5.41, 5.74) is 0.548. The van der Waals surface area contributed by atoms with Gasteiger partial charge in [-0.1, -0.05) is 12.1 Å². The molecule has 1 fully saturated rings. The van der Waals surface area contributed by atoms with Gasteiger partial charge in [-0.2, -0.15) is 13.2 Å². The highest BCUT2D eigenvalue weighted by Crippen LogP contribution is 2.39. The van der Waals surface area contributed by atoms with Crippen molar-refractivity contribution in [3.8, 4) is 5.88 Å². The van der Waals surface area contributed by atoms with Crippen molar-refractivity contribution in [2.75, 3.05) is 18.8 Å². The SMILES string of the molecule is Cc1ccc([C@H]2CC[C@H](Oc3ccc(S(=O)(=O)Nc4ccncn4)c(C)n3)[C@@H](N(C)C)C2)cc1C(F)(F)F.O=CO. The molecule has 1 aliphatic carbocycles. The molecule has 0 aliphatic heterocycles. The number of carboxylic acid groups (broad SMARTS) is 1. The molecule has 222 valence electrons. The first-order valence-electron chi connectivity index (χ1n) is 12.6. The minimum absolute atomic E-state index is 0.00355. The minimum atomic E-state index is -4.39. The number of aryl methyl sites for hydroxylation is 2. The molecule has 1 aromatic carbocycles. The Kier molecular flexibility index (Phi) is 10.3. The zero-order chi connectivity index (χ0) is 30.4. The van der Waals surface area contributed by atoms with Crippen LogP contribution in [0.2, 0.25) is 0 Å². The number of alkyl halides is 3. The lowest BCUT2D eigenvalue weighted by atomic mass is 9.78. The third kappa shape index (κ3) is 8.13. The highest BCUT2D eigenvalue weighted by Gasteiger charge is 2.37. The van der Waals surface area contributed by atoms with Crippen LogP contribution in [0.25, 0.3) is 0 Å². The Morgan fingerprint density at radius 1 is 1.12 bits per heavy atom. The molecule has 1 saturated carbocycles. The fourth-order valence-electron chi connectivity index (χ4n) is 4.88. The molecule has 0 bridgehead atoms. The number of carbonyl (C=O) groups is 1. The van der Waals surface area contributed by atoms with Crippen LogP contribution in [0.5, 0.6) is 5.88 Å². The number of benzene rings is 1. The number of pyridine rings is 1. The number of aromatic nitrogens is 3. The van der Waals surface area contributed by atoms with Crippen LogP contribution in [-0.4, -0.2) is 66.1 Å². The lowest BCUT2D eigenvalue weighted by molar-refractivity contribution is -0.138. The van der Waals surface area contributed by atoms with E-state index in [-0.39, 0.29) is 52.4 Å². The van der Waals surface area contributed by atoms with Gasteiger partial charge in [-0.05, 0) is 82.4 Å². The predicted molar refractivity (Wildman–Crippen MR) is 145 cm³/mol. The van der Waals surface area contributed by atoms with Crippen LogP contribution in [0, 0.1) is 13.8 Å². The summed E-state index contributed by atoms with van der Waals surface area (Å²) in [6, 6.07) is 8.90. The normalized spacial score (nSPS) is 19.2. The second kappa shape index (κ2) is 13.3. The van der Waals surface area contributed by atoms with E-state index in [9.17, 15) is 21.6 Å². The van der Waals surface area contributed by atoms with Crippen molar-refractivity contribution in [1.82, 2.24) is 19.9 Å². The van der Waals surface area contributed by atoms with Crippen LogP contribution in [0.4, 0.5) is 19.0 Å². The molecule has 2 heterocycles. The molecule has 0 amide bonds. The number of halogens is 3. The molecule has 2 N–H and O–H groups in total. The fourth-order valence-corrected chi connectivity index (χ4v) is 6.06. The van der Waals surface area contributed by atoms with Gasteiger partial charge < -0.3 is 14.7 Å². The van der Waals surface area contributed by atoms with Crippen molar-refractivity contribution in [2.45, 2.75) is 62.2 Å². The standard InChI is InChI=1S/C26H30F3N5O3S.CH2O2/c1-16-5-6-18(13-20(16)26(27,28)29)19-7-8-22(21(14-19)34(3)4)37-25-10-9-23(17(2)32-25)38(35,36)33-24-11-12-30-15-31-24;2-1-3/h5-6,9-13,15,19,21-22H,7-8,14H2,1-4H3,(H,30,31,33);1H,(H,2,3)/t19-,21-,22-;/m0./s1. The topological polar surface area (TPSA) is 135 Å². The molecular formula is C27H32F3N5O5S. The molecule has 4 rings (SSSR count). The highest BCUT2D eigenvalue weighted by molar-refractivity contribution is 7.92. The van der Waals surface area contributed by atoms with E-state index in [0.29, 0.717) is 24.8 Å². The molecule has 0 spiro atoms. The van der Waals surface area contributed by atoms with Gasteiger partial charge in [0, 0.05) is 18.3 Å². The van der Waals surface area contributed by atoms with Crippen molar-refractivity contribution in [2.24, 2.45) is 0 Å². The second-order valence-electron chi connectivity index (χ2n) is 9.81. The smallest absolute Gasteiger partial charge is 0.416 e. The van der Waals surface area contributed by atoms with Crippen LogP contribution in [0.1, 0.15) is 47.6 Å². The molecule has 1 aliphatic rings. The number of anilines is 1. The third-order valence-corrected chi connectivity index (χ3v) is 8.34. The van der Waals surface area contributed by atoms with E-state index in [2.05, 4.69) is 19.7 Å². The largest absolute Gasteiger partial charge is 0.483 e. The summed E-state index contributed by atoms with van der Waals surface area (Å²) >= 11 is 0.